The van der Waals surface area contributed by atoms with Crippen molar-refractivity contribution in [1.82, 2.24) is 0 Å². The lowest BCUT2D eigenvalue weighted by Crippen LogP contribution is -2.32. The number of anilines is 2. The molecule has 4 rings (SSSR count). The average molecular weight is 455 g/mol. The van der Waals surface area contributed by atoms with Crippen molar-refractivity contribution in [2.75, 3.05) is 16.8 Å². The number of nitrogens with one attached hydrogen (secondary N) is 1. The van der Waals surface area contributed by atoms with Crippen molar-refractivity contribution in [2.24, 2.45) is 0 Å². The summed E-state index contributed by atoms with van der Waals surface area (Å²) in [5.74, 6) is -3.15. The normalized spacial score (nSPS) is 13.7. The number of rotatable bonds is 6. The molecule has 1 aliphatic heterocycles. The van der Waals surface area contributed by atoms with Gasteiger partial charge in [0.2, 0.25) is 0 Å². The number of hydrogen-bond donors (Lipinski definition) is 1. The van der Waals surface area contributed by atoms with Crippen LogP contribution in [-0.4, -0.2) is 18.4 Å². The summed E-state index contributed by atoms with van der Waals surface area (Å²) in [4.78, 5) is 27.5. The summed E-state index contributed by atoms with van der Waals surface area (Å²) in [7, 11) is 0. The smallest absolute Gasteiger partial charge is 0.282 e. The maximum Gasteiger partial charge on any atom is 0.282 e. The molecule has 0 bridgehead atoms. The van der Waals surface area contributed by atoms with E-state index in [0.717, 1.165) is 17.0 Å². The van der Waals surface area contributed by atoms with Crippen LogP contribution in [0.2, 0.25) is 5.02 Å². The van der Waals surface area contributed by atoms with Crippen LogP contribution < -0.4 is 15.0 Å². The quantitative estimate of drug-likeness (QED) is 0.506. The fraction of sp³-hybridized carbons (Fsp3) is 0.0833. The van der Waals surface area contributed by atoms with E-state index in [-0.39, 0.29) is 17.0 Å². The molecule has 32 heavy (non-hydrogen) atoms. The first kappa shape index (κ1) is 21.5. The summed E-state index contributed by atoms with van der Waals surface area (Å²) < 4.78 is 32.9. The fourth-order valence-corrected chi connectivity index (χ4v) is 3.50. The molecule has 5 nitrogen and oxygen atoms in total. The Labute approximate surface area is 187 Å². The van der Waals surface area contributed by atoms with Crippen LogP contribution in [0.25, 0.3) is 5.57 Å². The summed E-state index contributed by atoms with van der Waals surface area (Å²) >= 11 is 5.97. The minimum absolute atomic E-state index is 0.0193. The van der Waals surface area contributed by atoms with Gasteiger partial charge in [0.1, 0.15) is 11.4 Å². The lowest BCUT2D eigenvalue weighted by atomic mass is 10.0. The molecule has 1 aliphatic rings. The van der Waals surface area contributed by atoms with Crippen LogP contribution in [-0.2, 0) is 9.59 Å². The molecule has 0 aliphatic carbocycles. The predicted molar refractivity (Wildman–Crippen MR) is 118 cm³/mol. The molecule has 8 heteroatoms. The van der Waals surface area contributed by atoms with Crippen molar-refractivity contribution in [3.05, 3.63) is 94.6 Å². The van der Waals surface area contributed by atoms with E-state index in [4.69, 9.17) is 16.3 Å². The minimum Gasteiger partial charge on any atom is -0.492 e. The first-order valence-electron chi connectivity index (χ1n) is 9.73. The molecule has 1 N–H and O–H groups in total. The second-order valence-corrected chi connectivity index (χ2v) is 7.29. The van der Waals surface area contributed by atoms with Gasteiger partial charge in [0.15, 0.2) is 11.6 Å². The summed E-state index contributed by atoms with van der Waals surface area (Å²) in [6.45, 7) is 2.22. The molecule has 3 aromatic carbocycles. The summed E-state index contributed by atoms with van der Waals surface area (Å²) in [6.07, 6.45) is 0. The van der Waals surface area contributed by atoms with Gasteiger partial charge in [-0.2, -0.15) is 0 Å². The molecule has 162 valence electrons. The molecule has 0 aromatic heterocycles. The molecule has 0 saturated carbocycles. The molecular formula is C24H17ClF2N2O3. The zero-order valence-electron chi connectivity index (χ0n) is 16.9. The van der Waals surface area contributed by atoms with Gasteiger partial charge in [-0.1, -0.05) is 35.9 Å². The Bertz CT molecular complexity index is 1240. The zero-order chi connectivity index (χ0) is 22.8. The number of ether oxygens (including phenoxy) is 1. The van der Waals surface area contributed by atoms with Crippen LogP contribution in [0.1, 0.15) is 12.5 Å². The van der Waals surface area contributed by atoms with Crippen LogP contribution in [0.5, 0.6) is 5.75 Å². The monoisotopic (exact) mass is 454 g/mol. The Kier molecular flexibility index (Phi) is 5.92. The highest BCUT2D eigenvalue weighted by Crippen LogP contribution is 2.36. The Hall–Kier alpha value is -3.71. The van der Waals surface area contributed by atoms with Gasteiger partial charge in [-0.25, -0.2) is 13.7 Å². The predicted octanol–water partition coefficient (Wildman–Crippen LogP) is 5.41. The third-order valence-electron chi connectivity index (χ3n) is 4.82. The van der Waals surface area contributed by atoms with Crippen LogP contribution in [0.15, 0.2) is 72.4 Å². The number of carbonyl (C=O) groups is 2. The van der Waals surface area contributed by atoms with Gasteiger partial charge >= 0.3 is 0 Å². The van der Waals surface area contributed by atoms with Crippen molar-refractivity contribution in [2.45, 2.75) is 6.92 Å². The first-order valence-corrected chi connectivity index (χ1v) is 10.1. The highest BCUT2D eigenvalue weighted by Gasteiger charge is 2.40. The molecule has 0 spiro atoms. The number of halogens is 3. The second kappa shape index (κ2) is 8.80. The van der Waals surface area contributed by atoms with E-state index in [1.165, 1.54) is 6.07 Å². The highest BCUT2D eigenvalue weighted by atomic mass is 35.5. The van der Waals surface area contributed by atoms with E-state index < -0.39 is 23.4 Å². The Morgan fingerprint density at radius 1 is 0.938 bits per heavy atom. The third kappa shape index (κ3) is 3.94. The van der Waals surface area contributed by atoms with Gasteiger partial charge in [-0.05, 0) is 48.9 Å². The third-order valence-corrected chi connectivity index (χ3v) is 5.08. The van der Waals surface area contributed by atoms with Gasteiger partial charge in [-0.15, -0.1) is 0 Å². The van der Waals surface area contributed by atoms with E-state index in [0.29, 0.717) is 28.6 Å². The largest absolute Gasteiger partial charge is 0.492 e. The van der Waals surface area contributed by atoms with Crippen molar-refractivity contribution >= 4 is 40.4 Å². The lowest BCUT2D eigenvalue weighted by molar-refractivity contribution is -0.120. The van der Waals surface area contributed by atoms with Crippen LogP contribution in [0, 0.1) is 11.6 Å². The molecule has 2 amide bonds. The summed E-state index contributed by atoms with van der Waals surface area (Å²) in [6, 6.07) is 16.2. The van der Waals surface area contributed by atoms with Crippen molar-refractivity contribution < 1.29 is 23.1 Å². The maximum absolute atomic E-state index is 13.8. The summed E-state index contributed by atoms with van der Waals surface area (Å²) in [5, 5.41) is 3.46. The molecule has 0 atom stereocenters. The van der Waals surface area contributed by atoms with Gasteiger partial charge in [-0.3, -0.25) is 9.59 Å². The van der Waals surface area contributed by atoms with Crippen LogP contribution in [0.4, 0.5) is 20.2 Å². The van der Waals surface area contributed by atoms with Crippen LogP contribution >= 0.6 is 11.6 Å². The van der Waals surface area contributed by atoms with Crippen molar-refractivity contribution in [3.63, 3.8) is 0 Å². The van der Waals surface area contributed by atoms with E-state index in [9.17, 15) is 18.4 Å². The molecule has 0 unspecified atom stereocenters. The van der Waals surface area contributed by atoms with E-state index in [1.807, 2.05) is 6.92 Å². The van der Waals surface area contributed by atoms with Gasteiger partial charge in [0.25, 0.3) is 11.8 Å². The van der Waals surface area contributed by atoms with Crippen molar-refractivity contribution in [1.29, 1.82) is 0 Å². The topological polar surface area (TPSA) is 58.6 Å². The number of para-hydroxylation sites is 2. The number of amides is 2. The van der Waals surface area contributed by atoms with E-state index >= 15 is 0 Å². The molecule has 1 heterocycles. The average Bonchev–Trinajstić information content (AvgIpc) is 3.02. The number of hydrogen-bond acceptors (Lipinski definition) is 4. The minimum atomic E-state index is -1.17. The van der Waals surface area contributed by atoms with Gasteiger partial charge in [0.05, 0.1) is 23.6 Å². The Morgan fingerprint density at radius 2 is 1.66 bits per heavy atom. The molecule has 0 saturated heterocycles. The Balaban J connectivity index is 1.83. The maximum atomic E-state index is 13.8. The van der Waals surface area contributed by atoms with Crippen LogP contribution in [0.3, 0.4) is 0 Å². The SMILES string of the molecule is CCOc1ccccc1NC1=C(c2ccc(Cl)cc2)C(=O)N(c2ccc(F)c(F)c2)C1=O. The molecular weight excluding hydrogens is 438 g/mol. The zero-order valence-corrected chi connectivity index (χ0v) is 17.6. The highest BCUT2D eigenvalue weighted by molar-refractivity contribution is 6.46. The van der Waals surface area contributed by atoms with E-state index in [1.54, 1.807) is 48.5 Å². The van der Waals surface area contributed by atoms with Gasteiger partial charge < -0.3 is 10.1 Å². The van der Waals surface area contributed by atoms with E-state index in [2.05, 4.69) is 5.32 Å². The first-order chi connectivity index (χ1) is 15.4. The molecule has 0 radical (unpaired) electrons. The standard InChI is InChI=1S/C24H17ClF2N2O3/c1-2-32-20-6-4-3-5-19(20)28-22-21(14-7-9-15(25)10-8-14)23(30)29(24(22)31)16-11-12-17(26)18(27)13-16/h3-13,28H,2H2,1H3. The Morgan fingerprint density at radius 3 is 2.34 bits per heavy atom. The van der Waals surface area contributed by atoms with Crippen molar-refractivity contribution in [3.8, 4) is 5.75 Å². The molecule has 3 aromatic rings. The fourth-order valence-electron chi connectivity index (χ4n) is 3.37. The summed E-state index contributed by atoms with van der Waals surface area (Å²) in [5.41, 5.74) is 0.885. The number of imide groups is 1. The lowest BCUT2D eigenvalue weighted by Gasteiger charge is -2.16. The number of carbonyl (C=O) groups excluding carboxylic acids is 2. The number of benzene rings is 3. The second-order valence-electron chi connectivity index (χ2n) is 6.86. The van der Waals surface area contributed by atoms with Gasteiger partial charge in [0, 0.05) is 11.1 Å². The number of nitrogens with zero attached hydrogens (tertiary/aromatic N) is 1. The molecule has 0 fully saturated rings.